The van der Waals surface area contributed by atoms with Crippen LogP contribution >= 0.6 is 11.8 Å². The molecule has 4 nitrogen and oxygen atoms in total. The van der Waals surface area contributed by atoms with E-state index in [-0.39, 0.29) is 0 Å². The minimum atomic E-state index is 0.331. The number of benzene rings is 1. The number of thioether (sulfide) groups is 1. The Kier molecular flexibility index (Phi) is 4.33. The predicted molar refractivity (Wildman–Crippen MR) is 105 cm³/mol. The number of para-hydroxylation sites is 2. The third-order valence-electron chi connectivity index (χ3n) is 5.29. The number of aromatic amines is 1. The second-order valence-electron chi connectivity index (χ2n) is 7.34. The monoisotopic (exact) mass is 365 g/mol. The molecule has 2 aliphatic carbocycles. The number of imidazole rings is 1. The minimum absolute atomic E-state index is 0.331. The average molecular weight is 366 g/mol. The van der Waals surface area contributed by atoms with E-state index in [1.807, 2.05) is 30.1 Å². The lowest BCUT2D eigenvalue weighted by molar-refractivity contribution is 0.296. The normalized spacial score (nSPS) is 19.9. The largest absolute Gasteiger partial charge is 0.493 e. The highest BCUT2D eigenvalue weighted by molar-refractivity contribution is 7.99. The summed E-state index contributed by atoms with van der Waals surface area (Å²) < 4.78 is 6.16. The van der Waals surface area contributed by atoms with Gasteiger partial charge >= 0.3 is 0 Å². The molecule has 3 aromatic rings. The zero-order valence-corrected chi connectivity index (χ0v) is 15.6. The summed E-state index contributed by atoms with van der Waals surface area (Å²) in [7, 11) is 0. The van der Waals surface area contributed by atoms with Crippen molar-refractivity contribution >= 4 is 22.8 Å². The second-order valence-corrected chi connectivity index (χ2v) is 8.53. The minimum Gasteiger partial charge on any atom is -0.493 e. The Morgan fingerprint density at radius 1 is 1.12 bits per heavy atom. The SMILES string of the molecule is c1ccc2[nH]c(SC3CCCCc4c(OCC5CC5)ccnc43)nc2c1. The van der Waals surface area contributed by atoms with Crippen molar-refractivity contribution in [1.29, 1.82) is 0 Å². The second kappa shape index (κ2) is 6.95. The van der Waals surface area contributed by atoms with Crippen LogP contribution in [0.1, 0.15) is 48.6 Å². The molecule has 1 fully saturated rings. The maximum atomic E-state index is 6.16. The summed E-state index contributed by atoms with van der Waals surface area (Å²) in [4.78, 5) is 13.0. The third kappa shape index (κ3) is 3.32. The Balaban J connectivity index is 1.43. The zero-order valence-electron chi connectivity index (χ0n) is 14.8. The average Bonchev–Trinajstić information content (AvgIpc) is 3.43. The molecule has 0 amide bonds. The van der Waals surface area contributed by atoms with Gasteiger partial charge in [0.2, 0.25) is 0 Å². The van der Waals surface area contributed by atoms with E-state index in [0.29, 0.717) is 5.25 Å². The molecule has 1 saturated carbocycles. The molecule has 5 heteroatoms. The molecular weight excluding hydrogens is 342 g/mol. The van der Waals surface area contributed by atoms with Crippen molar-refractivity contribution in [2.45, 2.75) is 48.9 Å². The van der Waals surface area contributed by atoms with E-state index in [9.17, 15) is 0 Å². The molecule has 1 atom stereocenters. The Hall–Kier alpha value is -2.01. The maximum absolute atomic E-state index is 6.16. The van der Waals surface area contributed by atoms with Crippen LogP contribution in [0.2, 0.25) is 0 Å². The van der Waals surface area contributed by atoms with E-state index < -0.39 is 0 Å². The van der Waals surface area contributed by atoms with Crippen molar-refractivity contribution in [3.63, 3.8) is 0 Å². The first kappa shape index (κ1) is 16.2. The molecule has 134 valence electrons. The molecule has 1 N–H and O–H groups in total. The van der Waals surface area contributed by atoms with E-state index >= 15 is 0 Å². The van der Waals surface area contributed by atoms with Crippen LogP contribution in [0.15, 0.2) is 41.7 Å². The molecule has 2 aliphatic rings. The van der Waals surface area contributed by atoms with Gasteiger partial charge in [0.15, 0.2) is 5.16 Å². The summed E-state index contributed by atoms with van der Waals surface area (Å²) in [6.07, 6.45) is 9.17. The summed E-state index contributed by atoms with van der Waals surface area (Å²) in [5.41, 5.74) is 4.64. The highest BCUT2D eigenvalue weighted by Gasteiger charge is 2.26. The lowest BCUT2D eigenvalue weighted by atomic mass is 10.1. The lowest BCUT2D eigenvalue weighted by Crippen LogP contribution is -2.06. The molecule has 0 saturated heterocycles. The summed E-state index contributed by atoms with van der Waals surface area (Å²) >= 11 is 1.81. The van der Waals surface area contributed by atoms with Gasteiger partial charge in [-0.05, 0) is 56.2 Å². The van der Waals surface area contributed by atoms with Crippen LogP contribution in [0, 0.1) is 5.92 Å². The number of H-pyrrole nitrogens is 1. The van der Waals surface area contributed by atoms with Crippen LogP contribution in [-0.2, 0) is 6.42 Å². The molecule has 0 spiro atoms. The molecule has 0 radical (unpaired) electrons. The fourth-order valence-corrected chi connectivity index (χ4v) is 4.84. The summed E-state index contributed by atoms with van der Waals surface area (Å²) in [6, 6.07) is 10.3. The molecule has 1 unspecified atom stereocenters. The molecule has 2 aromatic heterocycles. The molecule has 5 rings (SSSR count). The van der Waals surface area contributed by atoms with Crippen LogP contribution in [-0.4, -0.2) is 21.6 Å². The van der Waals surface area contributed by atoms with Crippen molar-refractivity contribution in [1.82, 2.24) is 15.0 Å². The number of hydrogen-bond donors (Lipinski definition) is 1. The molecule has 26 heavy (non-hydrogen) atoms. The number of fused-ring (bicyclic) bond motifs is 2. The number of nitrogens with one attached hydrogen (secondary N) is 1. The highest BCUT2D eigenvalue weighted by Crippen LogP contribution is 2.43. The van der Waals surface area contributed by atoms with E-state index in [4.69, 9.17) is 14.7 Å². The molecule has 0 bridgehead atoms. The maximum Gasteiger partial charge on any atom is 0.167 e. The van der Waals surface area contributed by atoms with Gasteiger partial charge in [-0.2, -0.15) is 0 Å². The number of nitrogens with zero attached hydrogens (tertiary/aromatic N) is 2. The van der Waals surface area contributed by atoms with Crippen molar-refractivity contribution in [3.8, 4) is 5.75 Å². The number of ether oxygens (including phenoxy) is 1. The van der Waals surface area contributed by atoms with E-state index in [1.54, 1.807) is 0 Å². The summed E-state index contributed by atoms with van der Waals surface area (Å²) in [6.45, 7) is 0.859. The fourth-order valence-electron chi connectivity index (χ4n) is 3.65. The number of aromatic nitrogens is 3. The quantitative estimate of drug-likeness (QED) is 0.623. The first-order valence-corrected chi connectivity index (χ1v) is 10.5. The Morgan fingerprint density at radius 3 is 2.92 bits per heavy atom. The molecule has 1 aromatic carbocycles. The lowest BCUT2D eigenvalue weighted by Gasteiger charge is -2.17. The van der Waals surface area contributed by atoms with Crippen molar-refractivity contribution < 1.29 is 4.74 Å². The van der Waals surface area contributed by atoms with Crippen molar-refractivity contribution in [3.05, 3.63) is 47.8 Å². The van der Waals surface area contributed by atoms with Crippen LogP contribution in [0.3, 0.4) is 0 Å². The number of hydrogen-bond acceptors (Lipinski definition) is 4. The van der Waals surface area contributed by atoms with Gasteiger partial charge in [-0.25, -0.2) is 4.98 Å². The van der Waals surface area contributed by atoms with Gasteiger partial charge in [0.05, 0.1) is 28.6 Å². The standard InChI is InChI=1S/C21H23N3OS/c1-4-8-19(26-21-23-16-6-2-3-7-17(16)24-21)20-15(5-1)18(11-12-22-20)25-13-14-9-10-14/h2-3,6-7,11-12,14,19H,1,4-5,8-10,13H2,(H,23,24). The van der Waals surface area contributed by atoms with Gasteiger partial charge in [-0.3, -0.25) is 4.98 Å². The van der Waals surface area contributed by atoms with E-state index in [1.165, 1.54) is 36.9 Å². The van der Waals surface area contributed by atoms with Crippen molar-refractivity contribution in [2.24, 2.45) is 5.92 Å². The highest BCUT2D eigenvalue weighted by atomic mass is 32.2. The molecule has 2 heterocycles. The van der Waals surface area contributed by atoms with Gasteiger partial charge in [0.1, 0.15) is 5.75 Å². The fraction of sp³-hybridized carbons (Fsp3) is 0.429. The van der Waals surface area contributed by atoms with E-state index in [0.717, 1.165) is 47.3 Å². The molecular formula is C21H23N3OS. The van der Waals surface area contributed by atoms with Crippen LogP contribution in [0.5, 0.6) is 5.75 Å². The van der Waals surface area contributed by atoms with Crippen LogP contribution in [0.25, 0.3) is 11.0 Å². The first-order valence-electron chi connectivity index (χ1n) is 9.59. The third-order valence-corrected chi connectivity index (χ3v) is 6.45. The smallest absolute Gasteiger partial charge is 0.167 e. The van der Waals surface area contributed by atoms with Gasteiger partial charge < -0.3 is 9.72 Å². The summed E-state index contributed by atoms with van der Waals surface area (Å²) in [5, 5.41) is 1.31. The van der Waals surface area contributed by atoms with Crippen LogP contribution < -0.4 is 4.74 Å². The van der Waals surface area contributed by atoms with Gasteiger partial charge in [0, 0.05) is 11.8 Å². The van der Waals surface area contributed by atoms with Gasteiger partial charge in [-0.15, -0.1) is 0 Å². The predicted octanol–water partition coefficient (Wildman–Crippen LogP) is 5.31. The Bertz CT molecular complexity index is 886. The number of rotatable bonds is 5. The van der Waals surface area contributed by atoms with E-state index in [2.05, 4.69) is 23.2 Å². The zero-order chi connectivity index (χ0) is 17.3. The Labute approximate surface area is 157 Å². The number of pyridine rings is 1. The first-order chi connectivity index (χ1) is 12.9. The topological polar surface area (TPSA) is 50.8 Å². The summed E-state index contributed by atoms with van der Waals surface area (Å²) in [5.74, 6) is 1.82. The van der Waals surface area contributed by atoms with Gasteiger partial charge in [0.25, 0.3) is 0 Å². The molecule has 0 aliphatic heterocycles. The van der Waals surface area contributed by atoms with Crippen molar-refractivity contribution in [2.75, 3.05) is 6.61 Å². The van der Waals surface area contributed by atoms with Crippen LogP contribution in [0.4, 0.5) is 0 Å². The Morgan fingerprint density at radius 2 is 2.04 bits per heavy atom. The van der Waals surface area contributed by atoms with Gasteiger partial charge in [-0.1, -0.05) is 30.3 Å².